The average molecular weight is 276 g/mol. The van der Waals surface area contributed by atoms with Crippen LogP contribution >= 0.6 is 0 Å². The summed E-state index contributed by atoms with van der Waals surface area (Å²) in [6.07, 6.45) is 11.8. The molecule has 1 aromatic rings. The maximum Gasteiger partial charge on any atom is 0.147 e. The molecular formula is C16H28N4. The van der Waals surface area contributed by atoms with Gasteiger partial charge in [-0.2, -0.15) is 0 Å². The SMILES string of the molecule is CCCNCc1cncc(N(C)CC2CCCCC2)n1. The van der Waals surface area contributed by atoms with E-state index in [0.717, 1.165) is 43.5 Å². The van der Waals surface area contributed by atoms with Crippen LogP contribution in [-0.2, 0) is 6.54 Å². The van der Waals surface area contributed by atoms with Crippen molar-refractivity contribution in [3.63, 3.8) is 0 Å². The van der Waals surface area contributed by atoms with Gasteiger partial charge in [0.1, 0.15) is 5.82 Å². The number of nitrogens with one attached hydrogen (secondary N) is 1. The highest BCUT2D eigenvalue weighted by Gasteiger charge is 2.16. The van der Waals surface area contributed by atoms with E-state index in [1.165, 1.54) is 32.1 Å². The van der Waals surface area contributed by atoms with Crippen LogP contribution < -0.4 is 10.2 Å². The summed E-state index contributed by atoms with van der Waals surface area (Å²) >= 11 is 0. The molecule has 0 saturated heterocycles. The molecule has 112 valence electrons. The van der Waals surface area contributed by atoms with Crippen LogP contribution in [0.5, 0.6) is 0 Å². The van der Waals surface area contributed by atoms with E-state index in [2.05, 4.69) is 29.2 Å². The largest absolute Gasteiger partial charge is 0.358 e. The third kappa shape index (κ3) is 4.75. The van der Waals surface area contributed by atoms with E-state index in [4.69, 9.17) is 4.98 Å². The molecule has 0 atom stereocenters. The van der Waals surface area contributed by atoms with Crippen molar-refractivity contribution in [1.29, 1.82) is 0 Å². The molecule has 1 heterocycles. The molecular weight excluding hydrogens is 248 g/mol. The van der Waals surface area contributed by atoms with E-state index in [1.54, 1.807) is 0 Å². The fraction of sp³-hybridized carbons (Fsp3) is 0.750. The van der Waals surface area contributed by atoms with E-state index in [-0.39, 0.29) is 0 Å². The van der Waals surface area contributed by atoms with E-state index < -0.39 is 0 Å². The van der Waals surface area contributed by atoms with Crippen LogP contribution in [-0.4, -0.2) is 30.1 Å². The smallest absolute Gasteiger partial charge is 0.147 e. The van der Waals surface area contributed by atoms with E-state index >= 15 is 0 Å². The Bertz CT molecular complexity index is 388. The zero-order chi connectivity index (χ0) is 14.2. The van der Waals surface area contributed by atoms with Crippen molar-refractivity contribution >= 4 is 5.82 Å². The Balaban J connectivity index is 1.88. The van der Waals surface area contributed by atoms with Gasteiger partial charge in [-0.25, -0.2) is 4.98 Å². The fourth-order valence-electron chi connectivity index (χ4n) is 2.91. The van der Waals surface area contributed by atoms with Gasteiger partial charge in [0.2, 0.25) is 0 Å². The lowest BCUT2D eigenvalue weighted by Crippen LogP contribution is -2.28. The van der Waals surface area contributed by atoms with Crippen molar-refractivity contribution in [2.75, 3.05) is 25.0 Å². The minimum absolute atomic E-state index is 0.811. The molecule has 0 aromatic carbocycles. The number of anilines is 1. The lowest BCUT2D eigenvalue weighted by Gasteiger charge is -2.27. The van der Waals surface area contributed by atoms with Crippen molar-refractivity contribution in [3.05, 3.63) is 18.1 Å². The standard InChI is InChI=1S/C16H28N4/c1-3-9-17-10-15-11-18-12-16(19-15)20(2)13-14-7-5-4-6-8-14/h11-12,14,17H,3-10,13H2,1-2H3. The Labute approximate surface area is 123 Å². The number of hydrogen-bond donors (Lipinski definition) is 1. The average Bonchev–Trinajstić information content (AvgIpc) is 2.49. The summed E-state index contributed by atoms with van der Waals surface area (Å²) in [5, 5.41) is 3.38. The van der Waals surface area contributed by atoms with Crippen LogP contribution in [0.2, 0.25) is 0 Å². The maximum atomic E-state index is 4.71. The van der Waals surface area contributed by atoms with Gasteiger partial charge in [0.15, 0.2) is 0 Å². The second-order valence-corrected chi connectivity index (χ2v) is 5.93. The minimum Gasteiger partial charge on any atom is -0.358 e. The van der Waals surface area contributed by atoms with Crippen LogP contribution in [0.1, 0.15) is 51.1 Å². The second kappa shape index (κ2) is 8.20. The van der Waals surface area contributed by atoms with Gasteiger partial charge in [0.25, 0.3) is 0 Å². The van der Waals surface area contributed by atoms with Gasteiger partial charge in [-0.05, 0) is 31.7 Å². The van der Waals surface area contributed by atoms with Crippen molar-refractivity contribution < 1.29 is 0 Å². The molecule has 0 amide bonds. The van der Waals surface area contributed by atoms with E-state index in [9.17, 15) is 0 Å². The zero-order valence-corrected chi connectivity index (χ0v) is 12.9. The molecule has 1 N–H and O–H groups in total. The van der Waals surface area contributed by atoms with Gasteiger partial charge in [-0.15, -0.1) is 0 Å². The number of aromatic nitrogens is 2. The molecule has 0 unspecified atom stereocenters. The Morgan fingerprint density at radius 3 is 2.80 bits per heavy atom. The summed E-state index contributed by atoms with van der Waals surface area (Å²) in [7, 11) is 2.14. The molecule has 20 heavy (non-hydrogen) atoms. The van der Waals surface area contributed by atoms with Crippen LogP contribution in [0.4, 0.5) is 5.82 Å². The molecule has 1 aliphatic rings. The first-order chi connectivity index (χ1) is 9.79. The van der Waals surface area contributed by atoms with Crippen LogP contribution in [0.3, 0.4) is 0 Å². The number of rotatable bonds is 7. The summed E-state index contributed by atoms with van der Waals surface area (Å²) in [6.45, 7) is 5.13. The summed E-state index contributed by atoms with van der Waals surface area (Å²) in [4.78, 5) is 11.3. The van der Waals surface area contributed by atoms with Crippen molar-refractivity contribution in [1.82, 2.24) is 15.3 Å². The Morgan fingerprint density at radius 2 is 2.05 bits per heavy atom. The summed E-state index contributed by atoms with van der Waals surface area (Å²) in [5.74, 6) is 1.84. The second-order valence-electron chi connectivity index (χ2n) is 5.93. The van der Waals surface area contributed by atoms with Crippen molar-refractivity contribution in [3.8, 4) is 0 Å². The topological polar surface area (TPSA) is 41.1 Å². The molecule has 4 heteroatoms. The van der Waals surface area contributed by atoms with Gasteiger partial charge in [0.05, 0.1) is 11.9 Å². The maximum absolute atomic E-state index is 4.71. The minimum atomic E-state index is 0.811. The Morgan fingerprint density at radius 1 is 1.25 bits per heavy atom. The van der Waals surface area contributed by atoms with Crippen molar-refractivity contribution in [2.45, 2.75) is 52.0 Å². The highest BCUT2D eigenvalue weighted by Crippen LogP contribution is 2.25. The van der Waals surface area contributed by atoms with Crippen LogP contribution in [0.25, 0.3) is 0 Å². The lowest BCUT2D eigenvalue weighted by atomic mass is 9.89. The zero-order valence-electron chi connectivity index (χ0n) is 12.9. The number of hydrogen-bond acceptors (Lipinski definition) is 4. The molecule has 1 fully saturated rings. The number of nitrogens with zero attached hydrogens (tertiary/aromatic N) is 3. The van der Waals surface area contributed by atoms with Gasteiger partial charge >= 0.3 is 0 Å². The summed E-state index contributed by atoms with van der Waals surface area (Å²) < 4.78 is 0. The monoisotopic (exact) mass is 276 g/mol. The third-order valence-electron chi connectivity index (χ3n) is 4.05. The fourth-order valence-corrected chi connectivity index (χ4v) is 2.91. The predicted octanol–water partition coefficient (Wildman–Crippen LogP) is 2.99. The molecule has 1 aliphatic carbocycles. The van der Waals surface area contributed by atoms with E-state index in [0.29, 0.717) is 0 Å². The first-order valence-corrected chi connectivity index (χ1v) is 8.02. The van der Waals surface area contributed by atoms with Crippen molar-refractivity contribution in [2.24, 2.45) is 5.92 Å². The van der Waals surface area contributed by atoms with Crippen LogP contribution in [0.15, 0.2) is 12.4 Å². The first kappa shape index (κ1) is 15.2. The van der Waals surface area contributed by atoms with Gasteiger partial charge in [0, 0.05) is 26.3 Å². The highest BCUT2D eigenvalue weighted by molar-refractivity contribution is 5.35. The lowest BCUT2D eigenvalue weighted by molar-refractivity contribution is 0.361. The molecule has 1 saturated carbocycles. The predicted molar refractivity (Wildman–Crippen MR) is 83.9 cm³/mol. The Kier molecular flexibility index (Phi) is 6.25. The summed E-state index contributed by atoms with van der Waals surface area (Å²) in [6, 6.07) is 0. The summed E-state index contributed by atoms with van der Waals surface area (Å²) in [5.41, 5.74) is 1.03. The Hall–Kier alpha value is -1.16. The quantitative estimate of drug-likeness (QED) is 0.777. The molecule has 0 radical (unpaired) electrons. The molecule has 0 aliphatic heterocycles. The van der Waals surface area contributed by atoms with Gasteiger partial charge in [-0.1, -0.05) is 26.2 Å². The molecule has 4 nitrogen and oxygen atoms in total. The molecule has 0 spiro atoms. The van der Waals surface area contributed by atoms with Gasteiger partial charge < -0.3 is 10.2 Å². The van der Waals surface area contributed by atoms with Gasteiger partial charge in [-0.3, -0.25) is 4.98 Å². The highest BCUT2D eigenvalue weighted by atomic mass is 15.2. The van der Waals surface area contributed by atoms with Crippen LogP contribution in [0, 0.1) is 5.92 Å². The third-order valence-corrected chi connectivity index (χ3v) is 4.05. The van der Waals surface area contributed by atoms with E-state index in [1.807, 2.05) is 12.4 Å². The molecule has 1 aromatic heterocycles. The molecule has 0 bridgehead atoms. The normalized spacial score (nSPS) is 16.3. The molecule has 2 rings (SSSR count). The first-order valence-electron chi connectivity index (χ1n) is 8.02.